The molecule has 0 aliphatic carbocycles. The maximum absolute atomic E-state index is 14.1. The molecule has 11 heteroatoms. The molecule has 9 nitrogen and oxygen atoms in total. The Morgan fingerprint density at radius 1 is 1.19 bits per heavy atom. The Morgan fingerprint density at radius 2 is 2.00 bits per heavy atom. The molecular formula is C26H31N3O6S2. The first kappa shape index (κ1) is 25.9. The second-order valence-corrected chi connectivity index (χ2v) is 12.0. The van der Waals surface area contributed by atoms with Gasteiger partial charge in [0, 0.05) is 13.2 Å². The molecule has 0 bridgehead atoms. The number of rotatable bonds is 9. The van der Waals surface area contributed by atoms with Crippen LogP contribution in [0.3, 0.4) is 0 Å². The normalized spacial score (nSPS) is 20.4. The highest BCUT2D eigenvalue weighted by molar-refractivity contribution is 7.89. The van der Waals surface area contributed by atoms with Gasteiger partial charge in [0.1, 0.15) is 23.1 Å². The topological polar surface area (TPSA) is 98.3 Å². The third-order valence-corrected chi connectivity index (χ3v) is 9.70. The minimum atomic E-state index is -3.88. The molecule has 198 valence electrons. The summed E-state index contributed by atoms with van der Waals surface area (Å²) in [4.78, 5) is 20.6. The van der Waals surface area contributed by atoms with E-state index in [4.69, 9.17) is 19.2 Å². The fourth-order valence-corrected chi connectivity index (χ4v) is 7.54. The van der Waals surface area contributed by atoms with E-state index in [0.717, 1.165) is 17.5 Å². The zero-order chi connectivity index (χ0) is 26.0. The summed E-state index contributed by atoms with van der Waals surface area (Å²) in [5.41, 5.74) is 0.698. The molecule has 2 atom stereocenters. The van der Waals surface area contributed by atoms with Crippen LogP contribution < -0.4 is 14.4 Å². The molecule has 1 amide bonds. The van der Waals surface area contributed by atoms with Crippen molar-refractivity contribution in [2.75, 3.05) is 38.3 Å². The number of ether oxygens (including phenoxy) is 3. The van der Waals surface area contributed by atoms with E-state index in [0.29, 0.717) is 54.7 Å². The smallest absolute Gasteiger partial charge is 0.247 e. The summed E-state index contributed by atoms with van der Waals surface area (Å²) in [5.74, 6) is 0.955. The van der Waals surface area contributed by atoms with Crippen LogP contribution in [0.15, 0.2) is 47.4 Å². The number of aromatic nitrogens is 1. The van der Waals surface area contributed by atoms with Gasteiger partial charge < -0.3 is 14.2 Å². The number of carbonyl (C=O) groups is 1. The Bertz CT molecular complexity index is 1350. The summed E-state index contributed by atoms with van der Waals surface area (Å²) < 4.78 is 46.1. The standard InChI is InChI=1S/C26H31N3O6S2/c1-3-34-22-9-4-10-23-24(22)27-26(36-23)28(17-19-7-6-16-35-19)25(30)21-8-5-15-29(21)37(31,32)20-13-11-18(33-2)12-14-20/h4,9-14,19,21H,3,5-8,15-17H2,1-2H3. The zero-order valence-electron chi connectivity index (χ0n) is 21.0. The van der Waals surface area contributed by atoms with Crippen molar-refractivity contribution in [2.45, 2.75) is 49.6 Å². The molecule has 2 fully saturated rings. The number of sulfonamides is 1. The first-order valence-corrected chi connectivity index (χ1v) is 14.8. The largest absolute Gasteiger partial charge is 0.497 e. The van der Waals surface area contributed by atoms with E-state index in [-0.39, 0.29) is 23.5 Å². The van der Waals surface area contributed by atoms with Crippen molar-refractivity contribution in [1.29, 1.82) is 0 Å². The van der Waals surface area contributed by atoms with E-state index < -0.39 is 16.1 Å². The molecule has 2 aliphatic heterocycles. The monoisotopic (exact) mass is 545 g/mol. The summed E-state index contributed by atoms with van der Waals surface area (Å²) in [6.07, 6.45) is 2.72. The van der Waals surface area contributed by atoms with Gasteiger partial charge in [-0.05, 0) is 69.0 Å². The van der Waals surface area contributed by atoms with Crippen LogP contribution in [0.4, 0.5) is 5.13 Å². The van der Waals surface area contributed by atoms with E-state index in [1.807, 2.05) is 25.1 Å². The van der Waals surface area contributed by atoms with Crippen LogP contribution in [-0.2, 0) is 19.6 Å². The van der Waals surface area contributed by atoms with Gasteiger partial charge in [0.2, 0.25) is 15.9 Å². The molecular weight excluding hydrogens is 514 g/mol. The van der Waals surface area contributed by atoms with E-state index in [9.17, 15) is 13.2 Å². The van der Waals surface area contributed by atoms with Gasteiger partial charge in [0.05, 0.1) is 36.0 Å². The molecule has 0 radical (unpaired) electrons. The van der Waals surface area contributed by atoms with Gasteiger partial charge >= 0.3 is 0 Å². The number of hydrogen-bond acceptors (Lipinski definition) is 8. The van der Waals surface area contributed by atoms with Crippen molar-refractivity contribution in [1.82, 2.24) is 9.29 Å². The summed E-state index contributed by atoms with van der Waals surface area (Å²) >= 11 is 1.40. The summed E-state index contributed by atoms with van der Waals surface area (Å²) in [6, 6.07) is 11.2. The van der Waals surface area contributed by atoms with Crippen molar-refractivity contribution in [3.63, 3.8) is 0 Å². The van der Waals surface area contributed by atoms with Gasteiger partial charge in [-0.2, -0.15) is 4.31 Å². The van der Waals surface area contributed by atoms with E-state index in [1.54, 1.807) is 17.0 Å². The van der Waals surface area contributed by atoms with Crippen LogP contribution in [0.1, 0.15) is 32.6 Å². The molecule has 5 rings (SSSR count). The van der Waals surface area contributed by atoms with Crippen LogP contribution in [0, 0.1) is 0 Å². The van der Waals surface area contributed by atoms with Crippen molar-refractivity contribution in [2.24, 2.45) is 0 Å². The number of para-hydroxylation sites is 1. The molecule has 2 saturated heterocycles. The first-order chi connectivity index (χ1) is 17.9. The number of fused-ring (bicyclic) bond motifs is 1. The maximum Gasteiger partial charge on any atom is 0.247 e. The van der Waals surface area contributed by atoms with Gasteiger partial charge in [-0.25, -0.2) is 13.4 Å². The number of methoxy groups -OCH3 is 1. The molecule has 1 aromatic heterocycles. The van der Waals surface area contributed by atoms with Gasteiger partial charge in [-0.1, -0.05) is 17.4 Å². The fourth-order valence-electron chi connectivity index (χ4n) is 4.89. The highest BCUT2D eigenvalue weighted by atomic mass is 32.2. The quantitative estimate of drug-likeness (QED) is 0.400. The van der Waals surface area contributed by atoms with Crippen molar-refractivity contribution in [3.8, 4) is 11.5 Å². The van der Waals surface area contributed by atoms with E-state index >= 15 is 0 Å². The summed E-state index contributed by atoms with van der Waals surface area (Å²) in [6.45, 7) is 3.69. The van der Waals surface area contributed by atoms with Crippen LogP contribution in [0.2, 0.25) is 0 Å². The molecule has 37 heavy (non-hydrogen) atoms. The highest BCUT2D eigenvalue weighted by Gasteiger charge is 2.42. The Balaban J connectivity index is 1.48. The highest BCUT2D eigenvalue weighted by Crippen LogP contribution is 2.36. The first-order valence-electron chi connectivity index (χ1n) is 12.5. The molecule has 0 saturated carbocycles. The minimum Gasteiger partial charge on any atom is -0.497 e. The lowest BCUT2D eigenvalue weighted by Crippen LogP contribution is -2.49. The van der Waals surface area contributed by atoms with E-state index in [2.05, 4.69) is 0 Å². The zero-order valence-corrected chi connectivity index (χ0v) is 22.6. The number of thiazole rings is 1. The minimum absolute atomic E-state index is 0.115. The average molecular weight is 546 g/mol. The maximum atomic E-state index is 14.1. The third kappa shape index (κ3) is 5.18. The summed E-state index contributed by atoms with van der Waals surface area (Å²) in [5, 5.41) is 0.524. The van der Waals surface area contributed by atoms with Crippen LogP contribution >= 0.6 is 11.3 Å². The van der Waals surface area contributed by atoms with Gasteiger partial charge in [-0.15, -0.1) is 0 Å². The predicted molar refractivity (Wildman–Crippen MR) is 142 cm³/mol. The SMILES string of the molecule is CCOc1cccc2sc(N(CC3CCCO3)C(=O)C3CCCN3S(=O)(=O)c3ccc(OC)cc3)nc12. The number of hydrogen-bond donors (Lipinski definition) is 0. The summed E-state index contributed by atoms with van der Waals surface area (Å²) in [7, 11) is -2.35. The van der Waals surface area contributed by atoms with Crippen molar-refractivity contribution >= 4 is 42.6 Å². The number of benzene rings is 2. The van der Waals surface area contributed by atoms with Gasteiger partial charge in [0.25, 0.3) is 0 Å². The van der Waals surface area contributed by atoms with Crippen LogP contribution in [0.5, 0.6) is 11.5 Å². The second-order valence-electron chi connectivity index (χ2n) is 9.07. The Labute approximate surface area is 221 Å². The number of carbonyl (C=O) groups excluding carboxylic acids is 1. The van der Waals surface area contributed by atoms with Gasteiger partial charge in [-0.3, -0.25) is 9.69 Å². The van der Waals surface area contributed by atoms with Gasteiger partial charge in [0.15, 0.2) is 5.13 Å². The lowest BCUT2D eigenvalue weighted by Gasteiger charge is -2.29. The van der Waals surface area contributed by atoms with Crippen molar-refractivity contribution < 1.29 is 27.4 Å². The molecule has 3 aromatic rings. The lowest BCUT2D eigenvalue weighted by molar-refractivity contribution is -0.122. The van der Waals surface area contributed by atoms with Crippen molar-refractivity contribution in [3.05, 3.63) is 42.5 Å². The second kappa shape index (κ2) is 10.9. The number of amides is 1. The molecule has 0 spiro atoms. The average Bonchev–Trinajstić information content (AvgIpc) is 3.68. The number of anilines is 1. The molecule has 0 N–H and O–H groups in total. The Kier molecular flexibility index (Phi) is 7.66. The molecule has 2 unspecified atom stereocenters. The fraction of sp³-hybridized carbons (Fsp3) is 0.462. The Hall–Kier alpha value is -2.73. The third-order valence-electron chi connectivity index (χ3n) is 6.73. The molecule has 2 aromatic carbocycles. The molecule has 2 aliphatic rings. The van der Waals surface area contributed by atoms with Crippen LogP contribution in [-0.4, -0.2) is 69.2 Å². The van der Waals surface area contributed by atoms with E-state index in [1.165, 1.54) is 34.9 Å². The molecule has 3 heterocycles. The number of nitrogens with zero attached hydrogens (tertiary/aromatic N) is 3. The lowest BCUT2D eigenvalue weighted by atomic mass is 10.2. The van der Waals surface area contributed by atoms with Crippen LogP contribution in [0.25, 0.3) is 10.2 Å². The Morgan fingerprint density at radius 3 is 2.70 bits per heavy atom. The predicted octanol–water partition coefficient (Wildman–Crippen LogP) is 4.07.